The molecule has 0 radical (unpaired) electrons. The molecular weight excluding hydrogens is 478 g/mol. The van der Waals surface area contributed by atoms with E-state index >= 15 is 0 Å². The van der Waals surface area contributed by atoms with Crippen LogP contribution in [0.3, 0.4) is 0 Å². The van der Waals surface area contributed by atoms with Crippen LogP contribution in [0.4, 0.5) is 5.69 Å². The van der Waals surface area contributed by atoms with Gasteiger partial charge in [-0.2, -0.15) is 0 Å². The van der Waals surface area contributed by atoms with E-state index in [0.717, 1.165) is 36.5 Å². The summed E-state index contributed by atoms with van der Waals surface area (Å²) < 4.78 is 2.42. The molecule has 2 heterocycles. The number of carbonyl (C=O) groups excluding carboxylic acids is 1. The quantitative estimate of drug-likeness (QED) is 0.154. The van der Waals surface area contributed by atoms with Crippen molar-refractivity contribution < 1.29 is 4.79 Å². The molecule has 4 nitrogen and oxygen atoms in total. The number of unbranched alkanes of at least 4 members (excludes halogenated alkanes) is 13. The van der Waals surface area contributed by atoms with Crippen molar-refractivity contribution in [1.29, 1.82) is 0 Å². The number of aryl methyl sites for hydroxylation is 2. The molecule has 3 aromatic rings. The second-order valence-electron chi connectivity index (χ2n) is 11.6. The topological polar surface area (TPSA) is 38.1 Å². The van der Waals surface area contributed by atoms with Crippen molar-refractivity contribution in [3.8, 4) is 0 Å². The van der Waals surface area contributed by atoms with Gasteiger partial charge in [0.25, 0.3) is 0 Å². The summed E-state index contributed by atoms with van der Waals surface area (Å²) in [4.78, 5) is 20.2. The Morgan fingerprint density at radius 2 is 1.33 bits per heavy atom. The Hall–Kier alpha value is -2.62. The van der Waals surface area contributed by atoms with Crippen LogP contribution in [0.5, 0.6) is 0 Å². The maximum atomic E-state index is 13.1. The highest BCUT2D eigenvalue weighted by molar-refractivity contribution is 5.97. The van der Waals surface area contributed by atoms with Gasteiger partial charge in [0.2, 0.25) is 5.91 Å². The molecule has 0 spiro atoms. The third kappa shape index (κ3) is 8.19. The van der Waals surface area contributed by atoms with Crippen molar-refractivity contribution in [3.05, 3.63) is 59.9 Å². The Labute approximate surface area is 237 Å². The third-order valence-electron chi connectivity index (χ3n) is 8.57. The zero-order valence-corrected chi connectivity index (χ0v) is 24.7. The van der Waals surface area contributed by atoms with Gasteiger partial charge in [0.05, 0.1) is 11.0 Å². The van der Waals surface area contributed by atoms with Crippen LogP contribution in [0, 0.1) is 0 Å². The van der Waals surface area contributed by atoms with E-state index in [9.17, 15) is 4.79 Å². The molecule has 212 valence electrons. The minimum absolute atomic E-state index is 0.140. The van der Waals surface area contributed by atoms with Gasteiger partial charge in [0.15, 0.2) is 0 Å². The van der Waals surface area contributed by atoms with Crippen LogP contribution in [0.25, 0.3) is 11.0 Å². The minimum atomic E-state index is 0.140. The van der Waals surface area contributed by atoms with E-state index in [2.05, 4.69) is 60.9 Å². The van der Waals surface area contributed by atoms with Crippen LogP contribution in [0.2, 0.25) is 0 Å². The molecule has 0 aliphatic carbocycles. The summed E-state index contributed by atoms with van der Waals surface area (Å²) in [6.07, 6.45) is 20.7. The zero-order chi connectivity index (χ0) is 27.3. The predicted octanol–water partition coefficient (Wildman–Crippen LogP) is 9.60. The van der Waals surface area contributed by atoms with Crippen LogP contribution >= 0.6 is 0 Å². The largest absolute Gasteiger partial charge is 0.328 e. The van der Waals surface area contributed by atoms with Crippen molar-refractivity contribution in [2.45, 2.75) is 129 Å². The molecule has 39 heavy (non-hydrogen) atoms. The minimum Gasteiger partial charge on any atom is -0.328 e. The number of anilines is 1. The summed E-state index contributed by atoms with van der Waals surface area (Å²) in [5.74, 6) is 1.45. The van der Waals surface area contributed by atoms with Gasteiger partial charge in [0.1, 0.15) is 5.82 Å². The number of para-hydroxylation sites is 3. The molecular formula is C35H51N3O. The molecule has 2 aromatic carbocycles. The number of carbonyl (C=O) groups is 1. The number of nitrogens with zero attached hydrogens (tertiary/aromatic N) is 3. The average molecular weight is 530 g/mol. The van der Waals surface area contributed by atoms with Crippen LogP contribution in [-0.2, 0) is 17.8 Å². The maximum absolute atomic E-state index is 13.1. The molecule has 1 fully saturated rings. The van der Waals surface area contributed by atoms with Crippen molar-refractivity contribution >= 4 is 22.6 Å². The lowest BCUT2D eigenvalue weighted by Gasteiger charge is -2.20. The van der Waals surface area contributed by atoms with Crippen LogP contribution < -0.4 is 4.90 Å². The smallest absolute Gasteiger partial charge is 0.227 e. The van der Waals surface area contributed by atoms with Gasteiger partial charge in [-0.15, -0.1) is 0 Å². The Morgan fingerprint density at radius 1 is 0.744 bits per heavy atom. The van der Waals surface area contributed by atoms with Crippen molar-refractivity contribution in [1.82, 2.24) is 9.55 Å². The first-order valence-electron chi connectivity index (χ1n) is 16.1. The highest BCUT2D eigenvalue weighted by atomic mass is 16.2. The third-order valence-corrected chi connectivity index (χ3v) is 8.57. The fourth-order valence-electron chi connectivity index (χ4n) is 6.29. The van der Waals surface area contributed by atoms with Gasteiger partial charge < -0.3 is 9.47 Å². The maximum Gasteiger partial charge on any atom is 0.227 e. The van der Waals surface area contributed by atoms with Crippen molar-refractivity contribution in [2.24, 2.45) is 0 Å². The number of rotatable bonds is 18. The lowest BCUT2D eigenvalue weighted by Crippen LogP contribution is -2.25. The average Bonchev–Trinajstić information content (AvgIpc) is 3.53. The lowest BCUT2D eigenvalue weighted by molar-refractivity contribution is -0.117. The molecule has 1 amide bonds. The zero-order valence-electron chi connectivity index (χ0n) is 24.7. The molecule has 1 unspecified atom stereocenters. The second kappa shape index (κ2) is 15.8. The monoisotopic (exact) mass is 529 g/mol. The summed E-state index contributed by atoms with van der Waals surface area (Å²) in [6.45, 7) is 6.16. The van der Waals surface area contributed by atoms with Gasteiger partial charge in [-0.25, -0.2) is 4.98 Å². The number of aromatic nitrogens is 2. The normalized spacial score (nSPS) is 15.6. The molecule has 4 rings (SSSR count). The van der Waals surface area contributed by atoms with Gasteiger partial charge in [-0.1, -0.05) is 128 Å². The number of fused-ring (bicyclic) bond motifs is 1. The van der Waals surface area contributed by atoms with E-state index < -0.39 is 0 Å². The number of hydrogen-bond acceptors (Lipinski definition) is 2. The molecule has 1 aromatic heterocycles. The van der Waals surface area contributed by atoms with E-state index in [1.807, 2.05) is 11.0 Å². The molecule has 4 heteroatoms. The number of amides is 1. The van der Waals surface area contributed by atoms with E-state index in [4.69, 9.17) is 4.98 Å². The summed E-state index contributed by atoms with van der Waals surface area (Å²) in [5, 5.41) is 0. The summed E-state index contributed by atoms with van der Waals surface area (Å²) in [5.41, 5.74) is 4.57. The molecule has 1 saturated heterocycles. The highest BCUT2D eigenvalue weighted by Crippen LogP contribution is 2.35. The summed E-state index contributed by atoms with van der Waals surface area (Å²) in [6, 6.07) is 16.8. The number of imidazole rings is 1. The summed E-state index contributed by atoms with van der Waals surface area (Å²) in [7, 11) is 0. The summed E-state index contributed by atoms with van der Waals surface area (Å²) >= 11 is 0. The Balaban J connectivity index is 1.24. The van der Waals surface area contributed by atoms with Gasteiger partial charge in [0, 0.05) is 31.1 Å². The van der Waals surface area contributed by atoms with Crippen molar-refractivity contribution in [2.75, 3.05) is 11.4 Å². The van der Waals surface area contributed by atoms with E-state index in [1.54, 1.807) is 0 Å². The molecule has 1 aliphatic rings. The number of hydrogen-bond donors (Lipinski definition) is 0. The molecule has 1 aliphatic heterocycles. The highest BCUT2D eigenvalue weighted by Gasteiger charge is 2.35. The predicted molar refractivity (Wildman–Crippen MR) is 166 cm³/mol. The van der Waals surface area contributed by atoms with Crippen LogP contribution in [-0.4, -0.2) is 22.0 Å². The number of benzene rings is 2. The molecule has 0 N–H and O–H groups in total. The standard InChI is InChI=1S/C35H51N3O/c1-3-5-6-7-8-9-10-11-12-13-14-15-16-21-26-37-33-25-20-18-23-31(33)36-35(37)30-27-34(39)38(28-30)32-24-19-17-22-29(32)4-2/h17-20,22-25,30H,3-16,21,26-28H2,1-2H3. The lowest BCUT2D eigenvalue weighted by atomic mass is 10.0. The Morgan fingerprint density at radius 3 is 2.00 bits per heavy atom. The van der Waals surface area contributed by atoms with Crippen molar-refractivity contribution in [3.63, 3.8) is 0 Å². The van der Waals surface area contributed by atoms with Gasteiger partial charge in [-0.3, -0.25) is 4.79 Å². The first kappa shape index (κ1) is 29.4. The Bertz CT molecular complexity index is 1150. The van der Waals surface area contributed by atoms with Crippen LogP contribution in [0.1, 0.15) is 127 Å². The second-order valence-corrected chi connectivity index (χ2v) is 11.6. The van der Waals surface area contributed by atoms with E-state index in [-0.39, 0.29) is 11.8 Å². The first-order valence-corrected chi connectivity index (χ1v) is 16.1. The first-order chi connectivity index (χ1) is 19.2. The SMILES string of the molecule is CCCCCCCCCCCCCCCCn1c(C2CC(=O)N(c3ccccc3CC)C2)nc2ccccc21. The van der Waals surface area contributed by atoms with Crippen LogP contribution in [0.15, 0.2) is 48.5 Å². The fraction of sp³-hybridized carbons (Fsp3) is 0.600. The molecule has 0 saturated carbocycles. The van der Waals surface area contributed by atoms with Gasteiger partial charge in [-0.05, 0) is 36.6 Å². The van der Waals surface area contributed by atoms with E-state index in [0.29, 0.717) is 6.42 Å². The molecule has 0 bridgehead atoms. The Kier molecular flexibility index (Phi) is 11.9. The van der Waals surface area contributed by atoms with Gasteiger partial charge >= 0.3 is 0 Å². The van der Waals surface area contributed by atoms with E-state index in [1.165, 1.54) is 101 Å². The fourth-order valence-corrected chi connectivity index (χ4v) is 6.29. The molecule has 1 atom stereocenters.